The second-order valence-corrected chi connectivity index (χ2v) is 4.80. The van der Waals surface area contributed by atoms with Crippen LogP contribution in [0.25, 0.3) is 0 Å². The number of rotatable bonds is 6. The Morgan fingerprint density at radius 1 is 1.30 bits per heavy atom. The molecule has 0 radical (unpaired) electrons. The molecule has 0 aromatic heterocycles. The lowest BCUT2D eigenvalue weighted by molar-refractivity contribution is 0.102. The molecule has 2 heterocycles. The second-order valence-electron chi connectivity index (χ2n) is 3.95. The van der Waals surface area contributed by atoms with E-state index in [-0.39, 0.29) is 5.17 Å². The van der Waals surface area contributed by atoms with Gasteiger partial charge >= 0.3 is 0 Å². The van der Waals surface area contributed by atoms with Gasteiger partial charge in [-0.15, -0.1) is 0 Å². The lowest BCUT2D eigenvalue weighted by Gasteiger charge is -1.96. The van der Waals surface area contributed by atoms with Crippen molar-refractivity contribution >= 4 is 35.3 Å². The number of thiol groups is 1. The monoisotopic (exact) mass is 326 g/mol. The van der Waals surface area contributed by atoms with Gasteiger partial charge in [0.1, 0.15) is 12.2 Å². The van der Waals surface area contributed by atoms with Crippen molar-refractivity contribution in [3.8, 4) is 0 Å². The van der Waals surface area contributed by atoms with Crippen LogP contribution in [0.3, 0.4) is 0 Å². The molecule has 1 amide bonds. The highest BCUT2D eigenvalue weighted by Crippen LogP contribution is 2.12. The van der Waals surface area contributed by atoms with Gasteiger partial charge in [-0.3, -0.25) is 4.79 Å². The Bertz CT molecular complexity index is 270. The third-order valence-electron chi connectivity index (χ3n) is 1.86. The highest BCUT2D eigenvalue weighted by atomic mass is 32.1. The smallest absolute Gasteiger partial charge is 0.273 e. The lowest BCUT2D eigenvalue weighted by Crippen LogP contribution is -2.12. The van der Waals surface area contributed by atoms with Crippen molar-refractivity contribution in [2.24, 2.45) is 11.5 Å². The zero-order chi connectivity index (χ0) is 15.4. The summed E-state index contributed by atoms with van der Waals surface area (Å²) < 4.78 is 19.8. The summed E-state index contributed by atoms with van der Waals surface area (Å²) in [5.74, 6) is 0. The van der Waals surface area contributed by atoms with E-state index in [4.69, 9.17) is 29.5 Å². The van der Waals surface area contributed by atoms with E-state index in [9.17, 15) is 0 Å². The maximum absolute atomic E-state index is 9.09. The summed E-state index contributed by atoms with van der Waals surface area (Å²) in [6, 6.07) is 0. The number of ether oxygens (including phenoxy) is 4. The number of hydrogen-bond acceptors (Lipinski definition) is 6. The molecule has 2 aliphatic rings. The Labute approximate surface area is 129 Å². The minimum Gasteiger partial charge on any atom is -0.471 e. The van der Waals surface area contributed by atoms with E-state index in [1.165, 1.54) is 0 Å². The standard InChI is InChI=1S/C6H10O3.C4H9NOS.CH3NOS/c1(5-3-8-5)7-2-6-4-9-6;1-2-3-6-4(5)7;2-1(3)4/h5-6H,1-4H2;2-3H2,1H3,(H2,5,7);(H3,2,3,4). The van der Waals surface area contributed by atoms with Crippen LogP contribution in [-0.2, 0) is 18.9 Å². The number of primary amides is 1. The summed E-state index contributed by atoms with van der Waals surface area (Å²) in [7, 11) is 0. The van der Waals surface area contributed by atoms with Gasteiger partial charge in [-0.05, 0) is 18.6 Å². The maximum Gasteiger partial charge on any atom is 0.273 e. The van der Waals surface area contributed by atoms with Gasteiger partial charge in [-0.1, -0.05) is 19.6 Å². The summed E-state index contributed by atoms with van der Waals surface area (Å²) in [6.45, 7) is 5.89. The average Bonchev–Trinajstić information content (AvgIpc) is 3.20. The molecular formula is C11H22N2O5S2. The fraction of sp³-hybridized carbons (Fsp3) is 0.818. The van der Waals surface area contributed by atoms with Crippen LogP contribution < -0.4 is 11.5 Å². The first-order valence-electron chi connectivity index (χ1n) is 6.17. The highest BCUT2D eigenvalue weighted by molar-refractivity contribution is 7.96. The van der Waals surface area contributed by atoms with Crippen molar-refractivity contribution in [1.29, 1.82) is 0 Å². The van der Waals surface area contributed by atoms with Crippen LogP contribution >= 0.6 is 24.8 Å². The quantitative estimate of drug-likeness (QED) is 0.369. The van der Waals surface area contributed by atoms with E-state index in [1.807, 2.05) is 6.92 Å². The Hall–Kier alpha value is -0.610. The van der Waals surface area contributed by atoms with Gasteiger partial charge in [0.15, 0.2) is 0 Å². The van der Waals surface area contributed by atoms with E-state index >= 15 is 0 Å². The van der Waals surface area contributed by atoms with Crippen molar-refractivity contribution in [2.45, 2.75) is 25.6 Å². The number of nitrogens with two attached hydrogens (primary N) is 2. The lowest BCUT2D eigenvalue weighted by atomic mass is 10.5. The van der Waals surface area contributed by atoms with Crippen LogP contribution in [0.15, 0.2) is 0 Å². The Balaban J connectivity index is 0.000000296. The predicted molar refractivity (Wildman–Crippen MR) is 81.9 cm³/mol. The molecule has 2 atom stereocenters. The molecule has 118 valence electrons. The first kappa shape index (κ1) is 19.4. The van der Waals surface area contributed by atoms with Crippen molar-refractivity contribution < 1.29 is 23.7 Å². The van der Waals surface area contributed by atoms with Gasteiger partial charge in [0.05, 0.1) is 33.0 Å². The Morgan fingerprint density at radius 2 is 1.70 bits per heavy atom. The van der Waals surface area contributed by atoms with Gasteiger partial charge < -0.3 is 30.4 Å². The topological polar surface area (TPSA) is 113 Å². The molecule has 2 fully saturated rings. The zero-order valence-electron chi connectivity index (χ0n) is 11.4. The number of amides is 1. The normalized spacial score (nSPS) is 21.5. The number of carbonyl (C=O) groups is 1. The molecule has 20 heavy (non-hydrogen) atoms. The first-order chi connectivity index (χ1) is 9.45. The van der Waals surface area contributed by atoms with E-state index in [2.05, 4.69) is 30.6 Å². The van der Waals surface area contributed by atoms with Crippen LogP contribution in [0.4, 0.5) is 4.79 Å². The van der Waals surface area contributed by atoms with E-state index < -0.39 is 5.24 Å². The second kappa shape index (κ2) is 12.2. The molecular weight excluding hydrogens is 304 g/mol. The zero-order valence-corrected chi connectivity index (χ0v) is 13.2. The van der Waals surface area contributed by atoms with Gasteiger partial charge in [-0.25, -0.2) is 0 Å². The van der Waals surface area contributed by atoms with E-state index in [1.54, 1.807) is 0 Å². The Kier molecular flexibility index (Phi) is 11.8. The maximum atomic E-state index is 9.09. The van der Waals surface area contributed by atoms with Crippen LogP contribution in [0.1, 0.15) is 13.3 Å². The van der Waals surface area contributed by atoms with E-state index in [0.29, 0.717) is 18.8 Å². The van der Waals surface area contributed by atoms with Crippen LogP contribution in [0.2, 0.25) is 0 Å². The van der Waals surface area contributed by atoms with E-state index in [0.717, 1.165) is 32.8 Å². The van der Waals surface area contributed by atoms with Crippen molar-refractivity contribution in [2.75, 3.05) is 33.0 Å². The van der Waals surface area contributed by atoms with Crippen molar-refractivity contribution in [3.63, 3.8) is 0 Å². The molecule has 0 aromatic carbocycles. The van der Waals surface area contributed by atoms with Crippen LogP contribution in [0.5, 0.6) is 0 Å². The third-order valence-corrected chi connectivity index (χ3v) is 1.98. The number of thiocarbonyl (C=S) groups is 1. The molecule has 2 rings (SSSR count). The molecule has 0 aromatic rings. The molecule has 0 bridgehead atoms. The summed E-state index contributed by atoms with van der Waals surface area (Å²) in [5.41, 5.74) is 9.32. The fourth-order valence-corrected chi connectivity index (χ4v) is 0.945. The number of epoxide rings is 2. The molecule has 9 heteroatoms. The fourth-order valence-electron chi connectivity index (χ4n) is 0.862. The highest BCUT2D eigenvalue weighted by Gasteiger charge is 2.26. The summed E-state index contributed by atoms with van der Waals surface area (Å²) >= 11 is 7.52. The van der Waals surface area contributed by atoms with Crippen LogP contribution in [-0.4, -0.2) is 55.7 Å². The molecule has 0 spiro atoms. The minimum absolute atomic E-state index is 0.141. The summed E-state index contributed by atoms with van der Waals surface area (Å²) in [5, 5.41) is -0.498. The largest absolute Gasteiger partial charge is 0.471 e. The number of carbonyl (C=O) groups excluding carboxylic acids is 1. The predicted octanol–water partition coefficient (Wildman–Crippen LogP) is 0.452. The molecule has 2 saturated heterocycles. The average molecular weight is 326 g/mol. The third kappa shape index (κ3) is 19.7. The molecule has 7 nitrogen and oxygen atoms in total. The van der Waals surface area contributed by atoms with Crippen molar-refractivity contribution in [1.82, 2.24) is 0 Å². The van der Waals surface area contributed by atoms with Crippen LogP contribution in [0, 0.1) is 0 Å². The summed E-state index contributed by atoms with van der Waals surface area (Å²) in [4.78, 5) is 9.09. The number of hydrogen-bond donors (Lipinski definition) is 3. The molecule has 2 aliphatic heterocycles. The minimum atomic E-state index is -0.639. The van der Waals surface area contributed by atoms with Gasteiger partial charge in [0.2, 0.25) is 0 Å². The van der Waals surface area contributed by atoms with Gasteiger partial charge in [0, 0.05) is 0 Å². The first-order valence-corrected chi connectivity index (χ1v) is 7.02. The Morgan fingerprint density at radius 3 is 1.90 bits per heavy atom. The molecule has 0 saturated carbocycles. The SMILES string of the molecule is C(OCC1CO1)C1CO1.CCCOC(N)=S.NC(=O)S. The summed E-state index contributed by atoms with van der Waals surface area (Å²) in [6.07, 6.45) is 1.74. The molecule has 2 unspecified atom stereocenters. The van der Waals surface area contributed by atoms with Crippen molar-refractivity contribution in [3.05, 3.63) is 0 Å². The van der Waals surface area contributed by atoms with Gasteiger partial charge in [-0.2, -0.15) is 0 Å². The molecule has 0 aliphatic carbocycles. The van der Waals surface area contributed by atoms with Gasteiger partial charge in [0.25, 0.3) is 10.4 Å². The molecule has 4 N–H and O–H groups in total.